The molecule has 1 heterocycles. The molecule has 2 aromatic carbocycles. The van der Waals surface area contributed by atoms with Gasteiger partial charge in [-0.2, -0.15) is 4.98 Å². The highest BCUT2D eigenvalue weighted by Gasteiger charge is 2.09. The zero-order valence-corrected chi connectivity index (χ0v) is 15.3. The smallest absolute Gasteiger partial charge is 0.246 e. The third kappa shape index (κ3) is 4.65. The molecule has 0 spiro atoms. The Balaban J connectivity index is 1.64. The second kappa shape index (κ2) is 7.76. The van der Waals surface area contributed by atoms with Crippen LogP contribution in [0.2, 0.25) is 10.0 Å². The van der Waals surface area contributed by atoms with Crippen LogP contribution in [0.3, 0.4) is 0 Å². The van der Waals surface area contributed by atoms with Crippen LogP contribution in [0.25, 0.3) is 11.4 Å². The van der Waals surface area contributed by atoms with E-state index in [1.807, 2.05) is 38.1 Å². The summed E-state index contributed by atoms with van der Waals surface area (Å²) in [5.74, 6) is 1.65. The molecule has 0 bridgehead atoms. The second-order valence-corrected chi connectivity index (χ2v) is 6.53. The normalized spacial score (nSPS) is 10.9. The van der Waals surface area contributed by atoms with Crippen molar-refractivity contribution in [1.82, 2.24) is 10.1 Å². The first-order valence-corrected chi connectivity index (χ1v) is 8.55. The fraction of sp³-hybridized carbons (Fsp3) is 0.222. The molecule has 0 unspecified atom stereocenters. The van der Waals surface area contributed by atoms with E-state index in [2.05, 4.69) is 15.5 Å². The fourth-order valence-corrected chi connectivity index (χ4v) is 2.53. The first-order chi connectivity index (χ1) is 12.0. The van der Waals surface area contributed by atoms with Crippen LogP contribution in [-0.2, 0) is 6.54 Å². The molecule has 0 atom stereocenters. The minimum Gasteiger partial charge on any atom is -0.489 e. The number of anilines is 1. The average Bonchev–Trinajstić information content (AvgIpc) is 3.04. The van der Waals surface area contributed by atoms with Crippen molar-refractivity contribution in [2.45, 2.75) is 26.5 Å². The highest BCUT2D eigenvalue weighted by molar-refractivity contribution is 6.32. The molecule has 0 radical (unpaired) electrons. The van der Waals surface area contributed by atoms with Crippen LogP contribution in [-0.4, -0.2) is 16.2 Å². The maximum Gasteiger partial charge on any atom is 0.246 e. The second-order valence-electron chi connectivity index (χ2n) is 5.68. The van der Waals surface area contributed by atoms with Gasteiger partial charge in [-0.05, 0) is 56.3 Å². The van der Waals surface area contributed by atoms with Gasteiger partial charge in [-0.3, -0.25) is 0 Å². The van der Waals surface area contributed by atoms with Crippen LogP contribution in [0.1, 0.15) is 19.7 Å². The van der Waals surface area contributed by atoms with Crippen LogP contribution < -0.4 is 10.1 Å². The molecule has 25 heavy (non-hydrogen) atoms. The largest absolute Gasteiger partial charge is 0.489 e. The van der Waals surface area contributed by atoms with E-state index in [9.17, 15) is 0 Å². The van der Waals surface area contributed by atoms with Crippen molar-refractivity contribution < 1.29 is 9.26 Å². The van der Waals surface area contributed by atoms with Gasteiger partial charge in [0.1, 0.15) is 5.75 Å². The summed E-state index contributed by atoms with van der Waals surface area (Å²) in [7, 11) is 0. The van der Waals surface area contributed by atoms with Crippen LogP contribution >= 0.6 is 23.2 Å². The molecule has 0 aliphatic heterocycles. The molecule has 0 saturated heterocycles. The molecule has 0 aliphatic carbocycles. The van der Waals surface area contributed by atoms with Crippen molar-refractivity contribution in [3.05, 3.63) is 58.4 Å². The molecule has 0 amide bonds. The van der Waals surface area contributed by atoms with Crippen molar-refractivity contribution in [2.24, 2.45) is 0 Å². The molecule has 5 nitrogen and oxygen atoms in total. The van der Waals surface area contributed by atoms with Crippen molar-refractivity contribution in [2.75, 3.05) is 5.32 Å². The van der Waals surface area contributed by atoms with Crippen LogP contribution in [0.4, 0.5) is 5.69 Å². The molecule has 3 rings (SSSR count). The summed E-state index contributed by atoms with van der Waals surface area (Å²) in [6.45, 7) is 4.30. The molecule has 1 aromatic heterocycles. The summed E-state index contributed by atoms with van der Waals surface area (Å²) in [4.78, 5) is 4.36. The van der Waals surface area contributed by atoms with Gasteiger partial charge in [0.05, 0.1) is 17.7 Å². The van der Waals surface area contributed by atoms with E-state index >= 15 is 0 Å². The monoisotopic (exact) mass is 377 g/mol. The van der Waals surface area contributed by atoms with Gasteiger partial charge in [-0.25, -0.2) is 0 Å². The van der Waals surface area contributed by atoms with Crippen molar-refractivity contribution in [1.29, 1.82) is 0 Å². The molecular formula is C18H17Cl2N3O2. The van der Waals surface area contributed by atoms with E-state index in [1.54, 1.807) is 18.2 Å². The molecule has 0 saturated carbocycles. The summed E-state index contributed by atoms with van der Waals surface area (Å²) in [6, 6.07) is 12.8. The lowest BCUT2D eigenvalue weighted by molar-refractivity contribution is 0.242. The van der Waals surface area contributed by atoms with Gasteiger partial charge in [0.15, 0.2) is 0 Å². The van der Waals surface area contributed by atoms with E-state index in [1.165, 1.54) is 0 Å². The van der Waals surface area contributed by atoms with E-state index < -0.39 is 0 Å². The number of ether oxygens (including phenoxy) is 1. The number of rotatable bonds is 6. The lowest BCUT2D eigenvalue weighted by Crippen LogP contribution is -2.06. The number of hydrogen-bond acceptors (Lipinski definition) is 5. The van der Waals surface area contributed by atoms with Gasteiger partial charge in [0.25, 0.3) is 0 Å². The maximum absolute atomic E-state index is 6.22. The molecular weight excluding hydrogens is 361 g/mol. The highest BCUT2D eigenvalue weighted by atomic mass is 35.5. The molecule has 0 aliphatic rings. The van der Waals surface area contributed by atoms with E-state index in [-0.39, 0.29) is 6.10 Å². The number of nitrogens with one attached hydrogen (secondary N) is 1. The van der Waals surface area contributed by atoms with Crippen molar-refractivity contribution in [3.8, 4) is 17.1 Å². The Hall–Kier alpha value is -2.24. The zero-order valence-electron chi connectivity index (χ0n) is 13.8. The number of aromatic nitrogens is 2. The first kappa shape index (κ1) is 17.6. The molecule has 0 fully saturated rings. The number of hydrogen-bond donors (Lipinski definition) is 1. The van der Waals surface area contributed by atoms with E-state index in [0.717, 1.165) is 11.3 Å². The third-order valence-electron chi connectivity index (χ3n) is 3.31. The number of nitrogens with zero attached hydrogens (tertiary/aromatic N) is 2. The van der Waals surface area contributed by atoms with Gasteiger partial charge in [0, 0.05) is 16.3 Å². The summed E-state index contributed by atoms with van der Waals surface area (Å²) < 4.78 is 10.9. The Labute approximate surface area is 155 Å². The quantitative estimate of drug-likeness (QED) is 0.619. The van der Waals surface area contributed by atoms with Crippen molar-refractivity contribution in [3.63, 3.8) is 0 Å². The van der Waals surface area contributed by atoms with Gasteiger partial charge < -0.3 is 14.6 Å². The Morgan fingerprint density at radius 3 is 2.56 bits per heavy atom. The molecule has 1 N–H and O–H groups in total. The first-order valence-electron chi connectivity index (χ1n) is 7.80. The summed E-state index contributed by atoms with van der Waals surface area (Å²) in [5, 5.41) is 8.39. The van der Waals surface area contributed by atoms with Crippen LogP contribution in [0.5, 0.6) is 5.75 Å². The minimum absolute atomic E-state index is 0.0704. The van der Waals surface area contributed by atoms with Crippen LogP contribution in [0, 0.1) is 0 Å². The Morgan fingerprint density at radius 2 is 1.88 bits per heavy atom. The predicted octanol–water partition coefficient (Wildman–Crippen LogP) is 5.44. The third-order valence-corrected chi connectivity index (χ3v) is 3.86. The van der Waals surface area contributed by atoms with Gasteiger partial charge in [0.2, 0.25) is 11.7 Å². The van der Waals surface area contributed by atoms with Crippen molar-refractivity contribution >= 4 is 28.9 Å². The zero-order chi connectivity index (χ0) is 17.8. The topological polar surface area (TPSA) is 60.2 Å². The van der Waals surface area contributed by atoms with Crippen LogP contribution in [0.15, 0.2) is 47.0 Å². The van der Waals surface area contributed by atoms with E-state index in [4.69, 9.17) is 32.5 Å². The fourth-order valence-electron chi connectivity index (χ4n) is 2.18. The molecule has 130 valence electrons. The van der Waals surface area contributed by atoms with Gasteiger partial charge in [-0.15, -0.1) is 0 Å². The predicted molar refractivity (Wildman–Crippen MR) is 99.3 cm³/mol. The average molecular weight is 378 g/mol. The summed E-state index contributed by atoms with van der Waals surface area (Å²) in [6.07, 6.45) is 0.0704. The molecule has 7 heteroatoms. The summed E-state index contributed by atoms with van der Waals surface area (Å²) >= 11 is 12.1. The Kier molecular flexibility index (Phi) is 5.46. The SMILES string of the molecule is CC(C)Oc1ccc(NCc2nc(-c3ccc(Cl)cc3)no2)cc1Cl. The van der Waals surface area contributed by atoms with E-state index in [0.29, 0.717) is 34.1 Å². The highest BCUT2D eigenvalue weighted by Crippen LogP contribution is 2.28. The lowest BCUT2D eigenvalue weighted by atomic mass is 10.2. The van der Waals surface area contributed by atoms with Gasteiger partial charge >= 0.3 is 0 Å². The number of benzene rings is 2. The summed E-state index contributed by atoms with van der Waals surface area (Å²) in [5.41, 5.74) is 1.69. The standard InChI is InChI=1S/C18H17Cl2N3O2/c1-11(2)24-16-8-7-14(9-15(16)20)21-10-17-22-18(23-25-17)12-3-5-13(19)6-4-12/h3-9,11,21H,10H2,1-2H3. The lowest BCUT2D eigenvalue weighted by Gasteiger charge is -2.12. The van der Waals surface area contributed by atoms with Gasteiger partial charge in [-0.1, -0.05) is 28.4 Å². The Bertz CT molecular complexity index is 848. The maximum atomic E-state index is 6.22. The number of halogens is 2. The molecule has 3 aromatic rings. The minimum atomic E-state index is 0.0704. The Morgan fingerprint density at radius 1 is 1.12 bits per heavy atom.